The van der Waals surface area contributed by atoms with Crippen LogP contribution in [-0.2, 0) is 20.9 Å². The first-order valence-corrected chi connectivity index (χ1v) is 9.42. The van der Waals surface area contributed by atoms with Crippen LogP contribution in [0.4, 0.5) is 0 Å². The maximum absolute atomic E-state index is 12.9. The topological polar surface area (TPSA) is 69.0 Å². The van der Waals surface area contributed by atoms with Gasteiger partial charge in [0.1, 0.15) is 11.5 Å². The molecule has 0 atom stereocenters. The zero-order valence-corrected chi connectivity index (χ0v) is 16.9. The molecule has 1 heterocycles. The molecule has 0 unspecified atom stereocenters. The number of nitrogens with zero attached hydrogens (tertiary/aromatic N) is 1. The molecular formula is C24H23NO5. The number of likely N-dealkylation sites (N-methyl/N-ethyl adjacent to an activating group) is 1. The van der Waals surface area contributed by atoms with Gasteiger partial charge in [-0.3, -0.25) is 4.79 Å². The van der Waals surface area contributed by atoms with E-state index in [1.54, 1.807) is 38.6 Å². The average molecular weight is 405 g/mol. The van der Waals surface area contributed by atoms with E-state index in [4.69, 9.17) is 13.9 Å². The number of para-hydroxylation sites is 1. The van der Waals surface area contributed by atoms with Gasteiger partial charge in [-0.05, 0) is 29.8 Å². The van der Waals surface area contributed by atoms with Gasteiger partial charge in [0, 0.05) is 12.6 Å². The Kier molecular flexibility index (Phi) is 7.05. The standard InChI is InChI=1S/C24H23NO5/c1-25(16-20-12-8-14-29-20)23(26)17-30-24(27)21(18-9-4-3-5-10-18)15-19-11-6-7-13-22(19)28-2/h3-15H,16-17H2,1-2H3/b21-15+. The molecule has 0 aliphatic rings. The van der Waals surface area contributed by atoms with Gasteiger partial charge in [0.25, 0.3) is 5.91 Å². The second-order valence-electron chi connectivity index (χ2n) is 6.57. The van der Waals surface area contributed by atoms with E-state index in [2.05, 4.69) is 0 Å². The van der Waals surface area contributed by atoms with Crippen LogP contribution in [0.25, 0.3) is 11.6 Å². The lowest BCUT2D eigenvalue weighted by molar-refractivity contribution is -0.147. The normalized spacial score (nSPS) is 11.1. The summed E-state index contributed by atoms with van der Waals surface area (Å²) in [5, 5.41) is 0. The van der Waals surface area contributed by atoms with Crippen LogP contribution < -0.4 is 4.74 Å². The summed E-state index contributed by atoms with van der Waals surface area (Å²) in [5.74, 6) is 0.363. The number of methoxy groups -OCH3 is 1. The van der Waals surface area contributed by atoms with Gasteiger partial charge in [-0.25, -0.2) is 4.79 Å². The quantitative estimate of drug-likeness (QED) is 0.322. The van der Waals surface area contributed by atoms with E-state index in [1.807, 2.05) is 54.6 Å². The van der Waals surface area contributed by atoms with E-state index in [0.717, 1.165) is 5.56 Å². The Labute approximate surface area is 175 Å². The van der Waals surface area contributed by atoms with Crippen molar-refractivity contribution in [1.82, 2.24) is 4.90 Å². The zero-order chi connectivity index (χ0) is 21.3. The van der Waals surface area contributed by atoms with Crippen molar-refractivity contribution in [3.05, 3.63) is 89.9 Å². The maximum Gasteiger partial charge on any atom is 0.339 e. The molecule has 1 aromatic heterocycles. The molecule has 1 amide bonds. The highest BCUT2D eigenvalue weighted by molar-refractivity contribution is 6.22. The van der Waals surface area contributed by atoms with Gasteiger partial charge in [-0.2, -0.15) is 0 Å². The third-order valence-corrected chi connectivity index (χ3v) is 4.47. The Morgan fingerprint density at radius 2 is 1.73 bits per heavy atom. The van der Waals surface area contributed by atoms with Gasteiger partial charge < -0.3 is 18.8 Å². The van der Waals surface area contributed by atoms with Crippen LogP contribution in [0.2, 0.25) is 0 Å². The lowest BCUT2D eigenvalue weighted by Gasteiger charge is -2.16. The number of amides is 1. The molecule has 0 radical (unpaired) electrons. The first-order chi connectivity index (χ1) is 14.6. The Balaban J connectivity index is 1.76. The van der Waals surface area contributed by atoms with Crippen LogP contribution in [-0.4, -0.2) is 37.5 Å². The Hall–Kier alpha value is -3.80. The third kappa shape index (κ3) is 5.38. The van der Waals surface area contributed by atoms with Gasteiger partial charge in [0.05, 0.1) is 25.5 Å². The van der Waals surface area contributed by atoms with Gasteiger partial charge in [0.15, 0.2) is 6.61 Å². The molecule has 6 nitrogen and oxygen atoms in total. The number of benzene rings is 2. The summed E-state index contributed by atoms with van der Waals surface area (Å²) in [7, 11) is 3.20. The molecule has 0 aliphatic carbocycles. The predicted octanol–water partition coefficient (Wildman–Crippen LogP) is 4.03. The fraction of sp³-hybridized carbons (Fsp3) is 0.167. The van der Waals surface area contributed by atoms with Crippen LogP contribution in [0, 0.1) is 0 Å². The van der Waals surface area contributed by atoms with Crippen molar-refractivity contribution in [3.8, 4) is 5.75 Å². The van der Waals surface area contributed by atoms with Gasteiger partial charge in [-0.1, -0.05) is 48.5 Å². The Bertz CT molecular complexity index is 1010. The number of rotatable bonds is 8. The minimum atomic E-state index is -0.591. The van der Waals surface area contributed by atoms with Crippen LogP contribution in [0.5, 0.6) is 5.75 Å². The molecule has 0 saturated heterocycles. The molecule has 0 N–H and O–H groups in total. The first kappa shape index (κ1) is 20.9. The number of carbonyl (C=O) groups is 2. The van der Waals surface area contributed by atoms with Crippen molar-refractivity contribution in [2.24, 2.45) is 0 Å². The monoisotopic (exact) mass is 405 g/mol. The third-order valence-electron chi connectivity index (χ3n) is 4.47. The van der Waals surface area contributed by atoms with E-state index < -0.39 is 5.97 Å². The summed E-state index contributed by atoms with van der Waals surface area (Å²) < 4.78 is 16.0. The Morgan fingerprint density at radius 3 is 2.43 bits per heavy atom. The van der Waals surface area contributed by atoms with Crippen molar-refractivity contribution in [1.29, 1.82) is 0 Å². The van der Waals surface area contributed by atoms with Gasteiger partial charge in [-0.15, -0.1) is 0 Å². The van der Waals surface area contributed by atoms with E-state index in [9.17, 15) is 9.59 Å². The highest BCUT2D eigenvalue weighted by atomic mass is 16.5. The van der Waals surface area contributed by atoms with Crippen LogP contribution >= 0.6 is 0 Å². The number of hydrogen-bond acceptors (Lipinski definition) is 5. The lowest BCUT2D eigenvalue weighted by Crippen LogP contribution is -2.30. The maximum atomic E-state index is 12.9. The fourth-order valence-electron chi connectivity index (χ4n) is 2.86. The molecule has 30 heavy (non-hydrogen) atoms. The van der Waals surface area contributed by atoms with E-state index in [1.165, 1.54) is 4.90 Å². The smallest absolute Gasteiger partial charge is 0.339 e. The number of hydrogen-bond donors (Lipinski definition) is 0. The van der Waals surface area contributed by atoms with Gasteiger partial charge in [0.2, 0.25) is 0 Å². The molecule has 0 saturated carbocycles. The number of carbonyl (C=O) groups excluding carboxylic acids is 2. The first-order valence-electron chi connectivity index (χ1n) is 9.42. The van der Waals surface area contributed by atoms with Crippen molar-refractivity contribution >= 4 is 23.5 Å². The lowest BCUT2D eigenvalue weighted by atomic mass is 10.0. The second-order valence-corrected chi connectivity index (χ2v) is 6.57. The van der Waals surface area contributed by atoms with Crippen molar-refractivity contribution in [2.45, 2.75) is 6.54 Å². The van der Waals surface area contributed by atoms with Gasteiger partial charge >= 0.3 is 5.97 Å². The molecule has 2 aromatic carbocycles. The fourth-order valence-corrected chi connectivity index (χ4v) is 2.86. The van der Waals surface area contributed by atoms with Crippen LogP contribution in [0.3, 0.4) is 0 Å². The molecule has 0 fully saturated rings. The van der Waals surface area contributed by atoms with Crippen molar-refractivity contribution in [2.75, 3.05) is 20.8 Å². The van der Waals surface area contributed by atoms with E-state index in [-0.39, 0.29) is 12.5 Å². The highest BCUT2D eigenvalue weighted by Crippen LogP contribution is 2.25. The largest absolute Gasteiger partial charge is 0.496 e. The molecule has 6 heteroatoms. The summed E-state index contributed by atoms with van der Waals surface area (Å²) in [6.07, 6.45) is 3.25. The van der Waals surface area contributed by atoms with E-state index in [0.29, 0.717) is 29.2 Å². The van der Waals surface area contributed by atoms with E-state index >= 15 is 0 Å². The summed E-state index contributed by atoms with van der Waals surface area (Å²) in [4.78, 5) is 26.7. The molecule has 3 aromatic rings. The zero-order valence-electron chi connectivity index (χ0n) is 16.9. The summed E-state index contributed by atoms with van der Waals surface area (Å²) in [6.45, 7) is -0.0713. The van der Waals surface area contributed by atoms with Crippen molar-refractivity contribution < 1.29 is 23.5 Å². The van der Waals surface area contributed by atoms with Crippen LogP contribution in [0.15, 0.2) is 77.4 Å². The summed E-state index contributed by atoms with van der Waals surface area (Å²) >= 11 is 0. The van der Waals surface area contributed by atoms with Crippen molar-refractivity contribution in [3.63, 3.8) is 0 Å². The second kappa shape index (κ2) is 10.1. The van der Waals surface area contributed by atoms with Crippen LogP contribution in [0.1, 0.15) is 16.9 Å². The number of ether oxygens (including phenoxy) is 2. The summed E-state index contributed by atoms with van der Waals surface area (Å²) in [5.41, 5.74) is 1.75. The SMILES string of the molecule is COc1ccccc1/C=C(/C(=O)OCC(=O)N(C)Cc1ccco1)c1ccccc1. The molecule has 0 aliphatic heterocycles. The minimum absolute atomic E-state index is 0.298. The molecule has 0 spiro atoms. The predicted molar refractivity (Wildman–Crippen MR) is 113 cm³/mol. The highest BCUT2D eigenvalue weighted by Gasteiger charge is 2.18. The summed E-state index contributed by atoms with van der Waals surface area (Å²) in [6, 6.07) is 20.1. The molecule has 3 rings (SSSR count). The Morgan fingerprint density at radius 1 is 1.00 bits per heavy atom. The number of esters is 1. The molecule has 154 valence electrons. The molecular weight excluding hydrogens is 382 g/mol. The average Bonchev–Trinajstić information content (AvgIpc) is 3.29. The number of furan rings is 1. The minimum Gasteiger partial charge on any atom is -0.496 e. The molecule has 0 bridgehead atoms.